The molecular formula is C13H18N6O. The second-order valence-corrected chi connectivity index (χ2v) is 6.19. The van der Waals surface area contributed by atoms with Gasteiger partial charge in [0.25, 0.3) is 5.91 Å². The second kappa shape index (κ2) is 4.43. The first-order valence-electron chi connectivity index (χ1n) is 6.73. The smallest absolute Gasteiger partial charge is 0.296 e. The van der Waals surface area contributed by atoms with Gasteiger partial charge in [0.2, 0.25) is 5.82 Å². The maximum Gasteiger partial charge on any atom is 0.296 e. The molecule has 0 aliphatic heterocycles. The van der Waals surface area contributed by atoms with E-state index in [1.54, 1.807) is 0 Å². The summed E-state index contributed by atoms with van der Waals surface area (Å²) < 4.78 is 0. The van der Waals surface area contributed by atoms with Gasteiger partial charge in [0.15, 0.2) is 5.82 Å². The minimum atomic E-state index is -0.347. The summed E-state index contributed by atoms with van der Waals surface area (Å²) in [7, 11) is 0. The largest absolute Gasteiger partial charge is 0.302 e. The van der Waals surface area contributed by atoms with E-state index < -0.39 is 0 Å². The summed E-state index contributed by atoms with van der Waals surface area (Å²) in [5.41, 5.74) is 0.918. The first-order chi connectivity index (χ1) is 9.43. The molecular weight excluding hydrogens is 256 g/mol. The lowest BCUT2D eigenvalue weighted by Gasteiger charge is -2.14. The summed E-state index contributed by atoms with van der Waals surface area (Å²) in [5.74, 6) is 1.54. The summed E-state index contributed by atoms with van der Waals surface area (Å²) in [5, 5.41) is 16.5. The van der Waals surface area contributed by atoms with Crippen molar-refractivity contribution in [3.05, 3.63) is 23.4 Å². The van der Waals surface area contributed by atoms with Gasteiger partial charge in [-0.3, -0.25) is 15.0 Å². The molecule has 2 aromatic heterocycles. The van der Waals surface area contributed by atoms with Crippen molar-refractivity contribution in [1.29, 1.82) is 0 Å². The van der Waals surface area contributed by atoms with E-state index in [2.05, 4.69) is 51.5 Å². The van der Waals surface area contributed by atoms with Gasteiger partial charge in [-0.25, -0.2) is 4.98 Å². The van der Waals surface area contributed by atoms with E-state index in [0.717, 1.165) is 24.4 Å². The van der Waals surface area contributed by atoms with E-state index in [-0.39, 0.29) is 17.1 Å². The van der Waals surface area contributed by atoms with Gasteiger partial charge in [-0.2, -0.15) is 5.10 Å². The quantitative estimate of drug-likeness (QED) is 0.796. The Bertz CT molecular complexity index is 631. The predicted molar refractivity (Wildman–Crippen MR) is 73.6 cm³/mol. The Morgan fingerprint density at radius 2 is 2.05 bits per heavy atom. The number of anilines is 1. The first-order valence-corrected chi connectivity index (χ1v) is 6.73. The van der Waals surface area contributed by atoms with Crippen LogP contribution in [0.5, 0.6) is 0 Å². The summed E-state index contributed by atoms with van der Waals surface area (Å²) in [6, 6.07) is 1.83. The Kier molecular flexibility index (Phi) is 2.84. The lowest BCUT2D eigenvalue weighted by Crippen LogP contribution is -2.14. The fourth-order valence-corrected chi connectivity index (χ4v) is 1.86. The molecule has 1 saturated carbocycles. The summed E-state index contributed by atoms with van der Waals surface area (Å²) >= 11 is 0. The van der Waals surface area contributed by atoms with Crippen molar-refractivity contribution in [1.82, 2.24) is 25.4 Å². The van der Waals surface area contributed by atoms with Crippen LogP contribution in [0.1, 0.15) is 61.7 Å². The minimum absolute atomic E-state index is 0.0420. The molecule has 2 heterocycles. The molecule has 1 fully saturated rings. The number of carbonyl (C=O) groups excluding carboxylic acids is 1. The molecule has 0 radical (unpaired) electrons. The zero-order valence-electron chi connectivity index (χ0n) is 11.8. The van der Waals surface area contributed by atoms with Crippen LogP contribution in [-0.4, -0.2) is 31.3 Å². The Balaban J connectivity index is 1.70. The van der Waals surface area contributed by atoms with Gasteiger partial charge in [-0.1, -0.05) is 20.8 Å². The number of hydrogen-bond acceptors (Lipinski definition) is 4. The molecule has 0 atom stereocenters. The van der Waals surface area contributed by atoms with Gasteiger partial charge in [0, 0.05) is 23.1 Å². The van der Waals surface area contributed by atoms with E-state index in [1.165, 1.54) is 0 Å². The topological polar surface area (TPSA) is 99.3 Å². The average Bonchev–Trinajstić information content (AvgIpc) is 2.91. The molecule has 1 aliphatic rings. The third-order valence-corrected chi connectivity index (χ3v) is 3.30. The predicted octanol–water partition coefficient (Wildman–Crippen LogP) is 1.95. The van der Waals surface area contributed by atoms with Gasteiger partial charge in [0.1, 0.15) is 5.82 Å². The highest BCUT2D eigenvalue weighted by atomic mass is 16.2. The number of carbonyl (C=O) groups is 1. The number of nitrogens with zero attached hydrogens (tertiary/aromatic N) is 3. The number of rotatable bonds is 3. The molecule has 0 saturated heterocycles. The zero-order valence-corrected chi connectivity index (χ0v) is 11.8. The van der Waals surface area contributed by atoms with E-state index in [1.807, 2.05) is 6.07 Å². The van der Waals surface area contributed by atoms with Crippen molar-refractivity contribution in [2.75, 3.05) is 5.32 Å². The molecule has 1 aliphatic carbocycles. The maximum atomic E-state index is 12.0. The van der Waals surface area contributed by atoms with Crippen molar-refractivity contribution >= 4 is 11.7 Å². The van der Waals surface area contributed by atoms with Crippen LogP contribution in [-0.2, 0) is 5.41 Å². The van der Waals surface area contributed by atoms with E-state index >= 15 is 0 Å². The highest BCUT2D eigenvalue weighted by Gasteiger charge is 2.28. The van der Waals surface area contributed by atoms with Crippen LogP contribution in [0.25, 0.3) is 0 Å². The third kappa shape index (κ3) is 2.56. The molecule has 0 bridgehead atoms. The second-order valence-electron chi connectivity index (χ2n) is 6.19. The molecule has 7 heteroatoms. The monoisotopic (exact) mass is 274 g/mol. The van der Waals surface area contributed by atoms with Crippen LogP contribution in [0.3, 0.4) is 0 Å². The molecule has 20 heavy (non-hydrogen) atoms. The van der Waals surface area contributed by atoms with Crippen LogP contribution in [0.2, 0.25) is 0 Å². The molecule has 0 spiro atoms. The van der Waals surface area contributed by atoms with Crippen LogP contribution < -0.4 is 5.32 Å². The molecule has 3 N–H and O–H groups in total. The van der Waals surface area contributed by atoms with Crippen molar-refractivity contribution in [2.24, 2.45) is 0 Å². The molecule has 7 nitrogen and oxygen atoms in total. The molecule has 2 aromatic rings. The summed E-state index contributed by atoms with van der Waals surface area (Å²) in [6.45, 7) is 6.22. The number of amides is 1. The van der Waals surface area contributed by atoms with Gasteiger partial charge >= 0.3 is 0 Å². The van der Waals surface area contributed by atoms with Gasteiger partial charge in [0.05, 0.1) is 0 Å². The van der Waals surface area contributed by atoms with Gasteiger partial charge in [-0.15, -0.1) is 5.10 Å². The van der Waals surface area contributed by atoms with Crippen molar-refractivity contribution in [2.45, 2.75) is 44.9 Å². The molecule has 1 amide bonds. The Labute approximate surface area is 116 Å². The zero-order chi connectivity index (χ0) is 14.3. The van der Waals surface area contributed by atoms with E-state index in [4.69, 9.17) is 0 Å². The van der Waals surface area contributed by atoms with Crippen molar-refractivity contribution in [3.8, 4) is 0 Å². The van der Waals surface area contributed by atoms with E-state index in [0.29, 0.717) is 11.7 Å². The molecule has 0 unspecified atom stereocenters. The molecule has 0 aromatic carbocycles. The molecule has 106 valence electrons. The SMILES string of the molecule is CC(C)(C)c1cc(NC(=O)c2n[nH]c(C3CC3)n2)n[nH]1. The van der Waals surface area contributed by atoms with Gasteiger partial charge < -0.3 is 5.32 Å². The Hall–Kier alpha value is -2.18. The number of aromatic nitrogens is 5. The highest BCUT2D eigenvalue weighted by Crippen LogP contribution is 2.37. The summed E-state index contributed by atoms with van der Waals surface area (Å²) in [6.07, 6.45) is 2.23. The maximum absolute atomic E-state index is 12.0. The number of H-pyrrole nitrogens is 2. The van der Waals surface area contributed by atoms with Crippen LogP contribution in [0.15, 0.2) is 6.07 Å². The third-order valence-electron chi connectivity index (χ3n) is 3.30. The van der Waals surface area contributed by atoms with Crippen LogP contribution in [0, 0.1) is 0 Å². The highest BCUT2D eigenvalue weighted by molar-refractivity contribution is 6.00. The fourth-order valence-electron chi connectivity index (χ4n) is 1.86. The molecule has 3 rings (SSSR count). The van der Waals surface area contributed by atoms with Crippen LogP contribution in [0.4, 0.5) is 5.82 Å². The minimum Gasteiger partial charge on any atom is -0.302 e. The Morgan fingerprint density at radius 1 is 1.30 bits per heavy atom. The van der Waals surface area contributed by atoms with Crippen molar-refractivity contribution in [3.63, 3.8) is 0 Å². The fraction of sp³-hybridized carbons (Fsp3) is 0.538. The lowest BCUT2D eigenvalue weighted by molar-refractivity contribution is 0.101. The number of aromatic amines is 2. The lowest BCUT2D eigenvalue weighted by atomic mass is 9.92. The summed E-state index contributed by atoms with van der Waals surface area (Å²) in [4.78, 5) is 16.2. The van der Waals surface area contributed by atoms with E-state index in [9.17, 15) is 4.79 Å². The standard InChI is InChI=1S/C13H18N6O/c1-13(2,3)8-6-9(17-16-8)14-12(20)11-15-10(18-19-11)7-4-5-7/h6-7H,4-5H2,1-3H3,(H,15,18,19)(H2,14,16,17,20). The van der Waals surface area contributed by atoms with Crippen LogP contribution >= 0.6 is 0 Å². The van der Waals surface area contributed by atoms with Crippen molar-refractivity contribution < 1.29 is 4.79 Å². The van der Waals surface area contributed by atoms with Gasteiger partial charge in [-0.05, 0) is 12.8 Å². The normalized spacial score (nSPS) is 15.3. The Morgan fingerprint density at radius 3 is 2.65 bits per heavy atom. The number of nitrogens with one attached hydrogen (secondary N) is 3. The number of hydrogen-bond donors (Lipinski definition) is 3. The first kappa shape index (κ1) is 12.8. The average molecular weight is 274 g/mol.